The number of benzene rings is 1. The molecule has 0 spiro atoms. The molecule has 5 nitrogen and oxygen atoms in total. The van der Waals surface area contributed by atoms with Crippen molar-refractivity contribution in [3.8, 4) is 0 Å². The number of ether oxygens (including phenoxy) is 1. The molecule has 1 aliphatic rings. The van der Waals surface area contributed by atoms with Gasteiger partial charge in [-0.15, -0.1) is 0 Å². The van der Waals surface area contributed by atoms with E-state index >= 15 is 0 Å². The van der Waals surface area contributed by atoms with Crippen molar-refractivity contribution in [3.63, 3.8) is 0 Å². The molecule has 1 aliphatic heterocycles. The van der Waals surface area contributed by atoms with Crippen LogP contribution in [0.2, 0.25) is 0 Å². The van der Waals surface area contributed by atoms with Crippen LogP contribution in [-0.4, -0.2) is 60.6 Å². The van der Waals surface area contributed by atoms with Crippen LogP contribution in [0.3, 0.4) is 0 Å². The monoisotopic (exact) mass is 413 g/mol. The van der Waals surface area contributed by atoms with Gasteiger partial charge in [0.05, 0.1) is 13.0 Å². The number of pyridine rings is 1. The minimum absolute atomic E-state index is 0.0552. The number of nitrogens with zero attached hydrogens (tertiary/aromatic N) is 3. The van der Waals surface area contributed by atoms with Crippen molar-refractivity contribution in [3.05, 3.63) is 65.7 Å². The Balaban J connectivity index is 1.48. The van der Waals surface area contributed by atoms with Gasteiger partial charge in [-0.25, -0.2) is 4.39 Å². The Morgan fingerprint density at radius 3 is 2.60 bits per heavy atom. The highest BCUT2D eigenvalue weighted by Crippen LogP contribution is 2.18. The van der Waals surface area contributed by atoms with Gasteiger partial charge in [-0.05, 0) is 75.3 Å². The van der Waals surface area contributed by atoms with Crippen molar-refractivity contribution in [2.24, 2.45) is 5.92 Å². The Kier molecular flexibility index (Phi) is 8.78. The zero-order chi connectivity index (χ0) is 21.2. The van der Waals surface area contributed by atoms with E-state index in [1.165, 1.54) is 19.2 Å². The lowest BCUT2D eigenvalue weighted by Crippen LogP contribution is -2.38. The maximum Gasteiger partial charge on any atom is 0.308 e. The zero-order valence-corrected chi connectivity index (χ0v) is 17.8. The highest BCUT2D eigenvalue weighted by molar-refractivity contribution is 5.72. The molecule has 0 N–H and O–H groups in total. The van der Waals surface area contributed by atoms with E-state index in [2.05, 4.69) is 20.9 Å². The van der Waals surface area contributed by atoms with Crippen LogP contribution in [0.25, 0.3) is 0 Å². The molecule has 3 rings (SSSR count). The number of hydrogen-bond donors (Lipinski definition) is 0. The highest BCUT2D eigenvalue weighted by Gasteiger charge is 2.25. The molecule has 0 saturated carbocycles. The topological polar surface area (TPSA) is 45.7 Å². The summed E-state index contributed by atoms with van der Waals surface area (Å²) in [5.41, 5.74) is 2.21. The molecular weight excluding hydrogens is 381 g/mol. The van der Waals surface area contributed by atoms with Gasteiger partial charge in [-0.3, -0.25) is 14.7 Å². The van der Waals surface area contributed by atoms with Gasteiger partial charge in [0.15, 0.2) is 0 Å². The SMILES string of the molecule is COC(=O)C1CCN(CCCN(CCc2ccccn2)Cc2ccc(F)cc2)CC1. The third-order valence-corrected chi connectivity index (χ3v) is 5.80. The molecule has 0 radical (unpaired) electrons. The van der Waals surface area contributed by atoms with Crippen molar-refractivity contribution >= 4 is 5.97 Å². The van der Waals surface area contributed by atoms with Gasteiger partial charge in [-0.2, -0.15) is 0 Å². The van der Waals surface area contributed by atoms with Crippen LogP contribution in [0, 0.1) is 11.7 Å². The lowest BCUT2D eigenvalue weighted by atomic mass is 9.97. The maximum atomic E-state index is 13.2. The number of halogens is 1. The Morgan fingerprint density at radius 2 is 1.93 bits per heavy atom. The van der Waals surface area contributed by atoms with E-state index in [1.807, 2.05) is 30.5 Å². The Labute approximate surface area is 178 Å². The molecule has 162 valence electrons. The zero-order valence-electron chi connectivity index (χ0n) is 17.8. The first-order valence-electron chi connectivity index (χ1n) is 10.8. The Hall–Kier alpha value is -2.31. The molecule has 30 heavy (non-hydrogen) atoms. The fourth-order valence-corrected chi connectivity index (χ4v) is 4.01. The minimum Gasteiger partial charge on any atom is -0.469 e. The summed E-state index contributed by atoms with van der Waals surface area (Å²) in [5, 5.41) is 0. The molecular formula is C24H32FN3O2. The van der Waals surface area contributed by atoms with Crippen LogP contribution in [0.15, 0.2) is 48.7 Å². The summed E-state index contributed by atoms with van der Waals surface area (Å²) in [4.78, 5) is 21.0. The molecule has 1 aromatic heterocycles. The normalized spacial score (nSPS) is 15.4. The average molecular weight is 414 g/mol. The lowest BCUT2D eigenvalue weighted by Gasteiger charge is -2.31. The molecule has 0 bridgehead atoms. The van der Waals surface area contributed by atoms with Crippen LogP contribution in [0.1, 0.15) is 30.5 Å². The first-order chi connectivity index (χ1) is 14.6. The summed E-state index contributed by atoms with van der Waals surface area (Å²) in [6.07, 6.45) is 5.55. The third kappa shape index (κ3) is 7.18. The van der Waals surface area contributed by atoms with Crippen molar-refractivity contribution in [2.75, 3.05) is 39.8 Å². The van der Waals surface area contributed by atoms with Crippen molar-refractivity contribution in [1.29, 1.82) is 0 Å². The summed E-state index contributed by atoms with van der Waals surface area (Å²) >= 11 is 0. The third-order valence-electron chi connectivity index (χ3n) is 5.80. The summed E-state index contributed by atoms with van der Waals surface area (Å²) in [6, 6.07) is 12.8. The van der Waals surface area contributed by atoms with E-state index in [0.29, 0.717) is 0 Å². The lowest BCUT2D eigenvalue weighted by molar-refractivity contribution is -0.147. The van der Waals surface area contributed by atoms with Gasteiger partial charge in [0, 0.05) is 31.4 Å². The number of aromatic nitrogens is 1. The van der Waals surface area contributed by atoms with Crippen LogP contribution < -0.4 is 0 Å². The van der Waals surface area contributed by atoms with Crippen LogP contribution in [0.4, 0.5) is 4.39 Å². The van der Waals surface area contributed by atoms with Crippen LogP contribution >= 0.6 is 0 Å². The van der Waals surface area contributed by atoms with Crippen molar-refractivity contribution in [2.45, 2.75) is 32.2 Å². The molecule has 2 aromatic rings. The number of carbonyl (C=O) groups excluding carboxylic acids is 1. The molecule has 1 aromatic carbocycles. The maximum absolute atomic E-state index is 13.2. The fraction of sp³-hybridized carbons (Fsp3) is 0.500. The Bertz CT molecular complexity index is 762. The van der Waals surface area contributed by atoms with Gasteiger partial charge >= 0.3 is 5.97 Å². The van der Waals surface area contributed by atoms with E-state index in [1.54, 1.807) is 0 Å². The van der Waals surface area contributed by atoms with E-state index in [-0.39, 0.29) is 17.7 Å². The molecule has 6 heteroatoms. The van der Waals surface area contributed by atoms with Gasteiger partial charge in [0.2, 0.25) is 0 Å². The number of piperidine rings is 1. The molecule has 0 amide bonds. The van der Waals surface area contributed by atoms with E-state index < -0.39 is 0 Å². The van der Waals surface area contributed by atoms with Crippen molar-refractivity contribution < 1.29 is 13.9 Å². The smallest absolute Gasteiger partial charge is 0.308 e. The minimum atomic E-state index is -0.200. The predicted octanol–water partition coefficient (Wildman–Crippen LogP) is 3.54. The number of methoxy groups -OCH3 is 1. The number of hydrogen-bond acceptors (Lipinski definition) is 5. The number of esters is 1. The molecule has 2 heterocycles. The highest BCUT2D eigenvalue weighted by atomic mass is 19.1. The summed E-state index contributed by atoms with van der Waals surface area (Å²) < 4.78 is 18.1. The second-order valence-corrected chi connectivity index (χ2v) is 7.97. The first-order valence-corrected chi connectivity index (χ1v) is 10.8. The van der Waals surface area contributed by atoms with Gasteiger partial charge in [-0.1, -0.05) is 18.2 Å². The summed E-state index contributed by atoms with van der Waals surface area (Å²) in [6.45, 7) is 5.62. The molecule has 0 atom stereocenters. The van der Waals surface area contributed by atoms with E-state index in [9.17, 15) is 9.18 Å². The van der Waals surface area contributed by atoms with Crippen LogP contribution in [0.5, 0.6) is 0 Å². The molecule has 1 fully saturated rings. The average Bonchev–Trinajstić information content (AvgIpc) is 2.79. The summed E-state index contributed by atoms with van der Waals surface area (Å²) in [5.74, 6) is -0.219. The first kappa shape index (κ1) is 22.4. The van der Waals surface area contributed by atoms with Gasteiger partial charge < -0.3 is 9.64 Å². The van der Waals surface area contributed by atoms with E-state index in [4.69, 9.17) is 4.74 Å². The molecule has 1 saturated heterocycles. The van der Waals surface area contributed by atoms with Crippen molar-refractivity contribution in [1.82, 2.24) is 14.8 Å². The van der Waals surface area contributed by atoms with Crippen LogP contribution in [-0.2, 0) is 22.5 Å². The quantitative estimate of drug-likeness (QED) is 0.558. The standard InChI is InChI=1S/C24H32FN3O2/c1-30-24(29)21-10-16-27(17-11-21)14-4-15-28(18-12-23-5-2-3-13-26-23)19-20-6-8-22(25)9-7-20/h2-3,5-9,13,21H,4,10-12,14-19H2,1H3. The number of likely N-dealkylation sites (tertiary alicyclic amines) is 1. The largest absolute Gasteiger partial charge is 0.469 e. The summed E-state index contributed by atoms with van der Waals surface area (Å²) in [7, 11) is 1.47. The molecule has 0 aliphatic carbocycles. The van der Waals surface area contributed by atoms with Gasteiger partial charge in [0.1, 0.15) is 5.82 Å². The number of rotatable bonds is 10. The Morgan fingerprint density at radius 1 is 1.17 bits per heavy atom. The van der Waals surface area contributed by atoms with Gasteiger partial charge in [0.25, 0.3) is 0 Å². The fourth-order valence-electron chi connectivity index (χ4n) is 4.01. The predicted molar refractivity (Wildman–Crippen MR) is 115 cm³/mol. The second-order valence-electron chi connectivity index (χ2n) is 7.97. The number of carbonyl (C=O) groups is 1. The second kappa shape index (κ2) is 11.8. The molecule has 0 unspecified atom stereocenters. The van der Waals surface area contributed by atoms with E-state index in [0.717, 1.165) is 76.2 Å².